The van der Waals surface area contributed by atoms with Crippen molar-refractivity contribution in [3.8, 4) is 23.0 Å². The van der Waals surface area contributed by atoms with Crippen LogP contribution in [0, 0.1) is 12.8 Å². The molecule has 0 saturated carbocycles. The van der Waals surface area contributed by atoms with Crippen molar-refractivity contribution in [2.45, 2.75) is 51.4 Å². The number of fused-ring (bicyclic) bond motifs is 1. The Labute approximate surface area is 212 Å². The van der Waals surface area contributed by atoms with E-state index in [1.165, 1.54) is 13.2 Å². The number of aryl methyl sites for hydroxylation is 1. The summed E-state index contributed by atoms with van der Waals surface area (Å²) in [7, 11) is 1.40. The number of hydrogen-bond donors (Lipinski definition) is 0. The van der Waals surface area contributed by atoms with Gasteiger partial charge in [-0.25, -0.2) is 0 Å². The van der Waals surface area contributed by atoms with Crippen molar-refractivity contribution in [2.75, 3.05) is 26.9 Å². The molecule has 3 aliphatic rings. The number of halogens is 1. The van der Waals surface area contributed by atoms with E-state index >= 15 is 0 Å². The molecule has 1 fully saturated rings. The molecule has 11 heteroatoms. The molecule has 0 N–H and O–H groups in total. The third-order valence-corrected chi connectivity index (χ3v) is 7.01. The Balaban J connectivity index is 1.51. The average molecular weight is 519 g/mol. The van der Waals surface area contributed by atoms with Crippen LogP contribution < -0.4 is 9.47 Å². The normalized spacial score (nSPS) is 25.5. The molecule has 0 amide bonds. The molecule has 0 bridgehead atoms. The van der Waals surface area contributed by atoms with Crippen molar-refractivity contribution >= 4 is 23.2 Å². The van der Waals surface area contributed by atoms with Gasteiger partial charge in [0.2, 0.25) is 23.2 Å². The Kier molecular flexibility index (Phi) is 6.76. The standard InChI is InChI=1S/C25H27ClN2O8/c1-13-10-15(29)11-18(31-3)25(13)23(30)20-17(32-8-9-34-19-6-4-5-7-33-19)12-16(21(26)22(20)36-25)24-28-27-14(2)35-24/h11-13,19H,4-10H2,1-3H3/t13-,19?,25+/m1/s1. The summed E-state index contributed by atoms with van der Waals surface area (Å²) in [5, 5.41) is 8.06. The number of ketones is 2. The molecule has 2 aliphatic heterocycles. The zero-order valence-electron chi connectivity index (χ0n) is 20.3. The zero-order valence-corrected chi connectivity index (χ0v) is 21.1. The van der Waals surface area contributed by atoms with Crippen LogP contribution in [0.1, 0.15) is 48.9 Å². The summed E-state index contributed by atoms with van der Waals surface area (Å²) in [5.74, 6) is -0.0697. The van der Waals surface area contributed by atoms with E-state index in [2.05, 4.69) is 10.2 Å². The molecule has 1 saturated heterocycles. The number of aromatic nitrogens is 2. The topological polar surface area (TPSA) is 119 Å². The largest absolute Gasteiger partial charge is 0.496 e. The van der Waals surface area contributed by atoms with Crippen LogP contribution in [-0.2, 0) is 19.0 Å². The highest BCUT2D eigenvalue weighted by Crippen LogP contribution is 2.54. The third-order valence-electron chi connectivity index (χ3n) is 6.63. The Morgan fingerprint density at radius 1 is 1.22 bits per heavy atom. The van der Waals surface area contributed by atoms with Gasteiger partial charge in [0.05, 0.1) is 24.3 Å². The van der Waals surface area contributed by atoms with Gasteiger partial charge < -0.3 is 28.1 Å². The van der Waals surface area contributed by atoms with Gasteiger partial charge in [-0.3, -0.25) is 9.59 Å². The first-order valence-corrected chi connectivity index (χ1v) is 12.3. The van der Waals surface area contributed by atoms with Crippen molar-refractivity contribution in [1.29, 1.82) is 0 Å². The molecule has 1 aromatic carbocycles. The molecule has 3 heterocycles. The molecule has 2 aromatic rings. The van der Waals surface area contributed by atoms with Crippen LogP contribution in [0.25, 0.3) is 11.5 Å². The van der Waals surface area contributed by atoms with E-state index in [9.17, 15) is 9.59 Å². The zero-order chi connectivity index (χ0) is 25.4. The van der Waals surface area contributed by atoms with Gasteiger partial charge in [0, 0.05) is 31.9 Å². The lowest BCUT2D eigenvalue weighted by molar-refractivity contribution is -0.165. The van der Waals surface area contributed by atoms with Crippen molar-refractivity contribution in [2.24, 2.45) is 5.92 Å². The number of carbonyl (C=O) groups is 2. The van der Waals surface area contributed by atoms with Crippen molar-refractivity contribution < 1.29 is 37.7 Å². The van der Waals surface area contributed by atoms with Crippen LogP contribution in [0.2, 0.25) is 5.02 Å². The molecule has 1 aliphatic carbocycles. The summed E-state index contributed by atoms with van der Waals surface area (Å²) in [5.41, 5.74) is -1.02. The second-order valence-corrected chi connectivity index (χ2v) is 9.41. The Hall–Kier alpha value is -2.95. The van der Waals surface area contributed by atoms with Crippen LogP contribution in [-0.4, -0.2) is 60.6 Å². The molecule has 10 nitrogen and oxygen atoms in total. The summed E-state index contributed by atoms with van der Waals surface area (Å²) < 4.78 is 34.8. The molecule has 1 aromatic heterocycles. The first-order valence-electron chi connectivity index (χ1n) is 11.9. The van der Waals surface area contributed by atoms with E-state index in [0.29, 0.717) is 18.1 Å². The molecule has 192 valence electrons. The number of hydrogen-bond acceptors (Lipinski definition) is 10. The number of ether oxygens (including phenoxy) is 5. The Bertz CT molecular complexity index is 1220. The minimum atomic E-state index is -1.54. The fraction of sp³-hybridized carbons (Fsp3) is 0.520. The molecule has 3 atom stereocenters. The highest BCUT2D eigenvalue weighted by molar-refractivity contribution is 6.36. The summed E-state index contributed by atoms with van der Waals surface area (Å²) in [4.78, 5) is 26.2. The molecular weight excluding hydrogens is 492 g/mol. The lowest BCUT2D eigenvalue weighted by Gasteiger charge is -2.36. The number of nitrogens with zero attached hydrogens (tertiary/aromatic N) is 2. The number of benzene rings is 1. The van der Waals surface area contributed by atoms with E-state index < -0.39 is 17.3 Å². The van der Waals surface area contributed by atoms with Crippen LogP contribution in [0.4, 0.5) is 0 Å². The summed E-state index contributed by atoms with van der Waals surface area (Å²) in [6.07, 6.45) is 4.06. The van der Waals surface area contributed by atoms with Crippen molar-refractivity contribution in [1.82, 2.24) is 10.2 Å². The van der Waals surface area contributed by atoms with Crippen LogP contribution in [0.3, 0.4) is 0 Å². The quantitative estimate of drug-likeness (QED) is 0.496. The highest BCUT2D eigenvalue weighted by atomic mass is 35.5. The second-order valence-electron chi connectivity index (χ2n) is 9.03. The fourth-order valence-electron chi connectivity index (χ4n) is 4.86. The van der Waals surface area contributed by atoms with E-state index in [-0.39, 0.29) is 65.4 Å². The van der Waals surface area contributed by atoms with Gasteiger partial charge in [0.25, 0.3) is 0 Å². The minimum Gasteiger partial charge on any atom is -0.496 e. The predicted octanol–water partition coefficient (Wildman–Crippen LogP) is 4.07. The smallest absolute Gasteiger partial charge is 0.249 e. The van der Waals surface area contributed by atoms with Gasteiger partial charge in [-0.2, -0.15) is 0 Å². The Morgan fingerprint density at radius 2 is 2.06 bits per heavy atom. The lowest BCUT2D eigenvalue weighted by Crippen LogP contribution is -2.51. The SMILES string of the molecule is COC1=CC(=O)C[C@@H](C)[C@]12Oc1c(Cl)c(-c3nnc(C)o3)cc(OCCOC3CCCCO3)c1C2=O. The lowest BCUT2D eigenvalue weighted by atomic mass is 9.75. The van der Waals surface area contributed by atoms with Crippen molar-refractivity contribution in [3.05, 3.63) is 34.4 Å². The first-order chi connectivity index (χ1) is 17.3. The number of carbonyl (C=O) groups excluding carboxylic acids is 2. The minimum absolute atomic E-state index is 0.116. The maximum absolute atomic E-state index is 14.0. The maximum atomic E-state index is 14.0. The van der Waals surface area contributed by atoms with E-state index in [1.54, 1.807) is 19.9 Å². The van der Waals surface area contributed by atoms with Crippen molar-refractivity contribution in [3.63, 3.8) is 0 Å². The van der Waals surface area contributed by atoms with Crippen LogP contribution >= 0.6 is 11.6 Å². The van der Waals surface area contributed by atoms with Gasteiger partial charge in [-0.1, -0.05) is 18.5 Å². The maximum Gasteiger partial charge on any atom is 0.249 e. The monoisotopic (exact) mass is 518 g/mol. The van der Waals surface area contributed by atoms with Gasteiger partial charge >= 0.3 is 0 Å². The Morgan fingerprint density at radius 3 is 2.75 bits per heavy atom. The van der Waals surface area contributed by atoms with Crippen LogP contribution in [0.15, 0.2) is 22.3 Å². The summed E-state index contributed by atoms with van der Waals surface area (Å²) >= 11 is 6.74. The third kappa shape index (κ3) is 4.16. The van der Waals surface area contributed by atoms with E-state index in [1.807, 2.05) is 0 Å². The molecule has 5 rings (SSSR count). The average Bonchev–Trinajstić information content (AvgIpc) is 3.43. The van der Waals surface area contributed by atoms with Gasteiger partial charge in [0.15, 0.2) is 23.6 Å². The van der Waals surface area contributed by atoms with Gasteiger partial charge in [-0.15, -0.1) is 10.2 Å². The summed E-state index contributed by atoms with van der Waals surface area (Å²) in [6, 6.07) is 1.58. The molecule has 1 spiro atoms. The van der Waals surface area contributed by atoms with E-state index in [0.717, 1.165) is 19.3 Å². The second kappa shape index (κ2) is 9.84. The number of methoxy groups -OCH3 is 1. The number of rotatable bonds is 7. The van der Waals surface area contributed by atoms with Crippen LogP contribution in [0.5, 0.6) is 11.5 Å². The number of Topliss-reactive ketones (excluding diaryl/α,β-unsaturated/α-hetero) is 1. The van der Waals surface area contributed by atoms with Gasteiger partial charge in [-0.05, 0) is 25.3 Å². The summed E-state index contributed by atoms with van der Waals surface area (Å²) in [6.45, 7) is 4.50. The molecular formula is C25H27ClN2O8. The molecule has 36 heavy (non-hydrogen) atoms. The fourth-order valence-corrected chi connectivity index (χ4v) is 5.13. The first kappa shape index (κ1) is 24.7. The van der Waals surface area contributed by atoms with E-state index in [4.69, 9.17) is 39.7 Å². The molecule has 1 unspecified atom stereocenters. The highest BCUT2D eigenvalue weighted by Gasteiger charge is 2.60. The van der Waals surface area contributed by atoms with Gasteiger partial charge in [0.1, 0.15) is 17.9 Å². The molecule has 0 radical (unpaired) electrons. The number of allylic oxidation sites excluding steroid dienone is 1. The predicted molar refractivity (Wildman–Crippen MR) is 126 cm³/mol.